The summed E-state index contributed by atoms with van der Waals surface area (Å²) < 4.78 is 6.99. The molecule has 0 spiro atoms. The molecule has 16 heavy (non-hydrogen) atoms. The predicted molar refractivity (Wildman–Crippen MR) is 75.8 cm³/mol. The van der Waals surface area contributed by atoms with Crippen LogP contribution in [-0.2, 0) is 4.74 Å². The zero-order valence-corrected chi connectivity index (χ0v) is 12.0. The molecule has 0 aromatic heterocycles. The van der Waals surface area contributed by atoms with E-state index in [4.69, 9.17) is 4.74 Å². The van der Waals surface area contributed by atoms with Gasteiger partial charge in [-0.2, -0.15) is 0 Å². The lowest BCUT2D eigenvalue weighted by atomic mass is 9.94. The summed E-state index contributed by atoms with van der Waals surface area (Å²) in [6.45, 7) is 5.18. The molecular formula is C13H18INO. The predicted octanol–water partition coefficient (Wildman–Crippen LogP) is 3.66. The maximum atomic E-state index is 5.72. The summed E-state index contributed by atoms with van der Waals surface area (Å²) in [4.78, 5) is 0. The van der Waals surface area contributed by atoms with Gasteiger partial charge in [0, 0.05) is 21.9 Å². The van der Waals surface area contributed by atoms with Crippen molar-refractivity contribution in [1.82, 2.24) is 0 Å². The zero-order valence-electron chi connectivity index (χ0n) is 9.79. The molecule has 2 rings (SSSR count). The van der Waals surface area contributed by atoms with E-state index in [-0.39, 0.29) is 5.60 Å². The first kappa shape index (κ1) is 12.2. The average molecular weight is 331 g/mol. The van der Waals surface area contributed by atoms with Crippen LogP contribution in [0.1, 0.15) is 26.7 Å². The highest BCUT2D eigenvalue weighted by Gasteiger charge is 2.28. The topological polar surface area (TPSA) is 21.3 Å². The van der Waals surface area contributed by atoms with Crippen LogP contribution in [0.15, 0.2) is 24.3 Å². The van der Waals surface area contributed by atoms with E-state index < -0.39 is 0 Å². The Morgan fingerprint density at radius 3 is 2.94 bits per heavy atom. The van der Waals surface area contributed by atoms with Gasteiger partial charge in [0.15, 0.2) is 0 Å². The molecule has 0 aliphatic carbocycles. The van der Waals surface area contributed by atoms with Gasteiger partial charge in [-0.1, -0.05) is 6.07 Å². The summed E-state index contributed by atoms with van der Waals surface area (Å²) in [6.07, 6.45) is 2.16. The van der Waals surface area contributed by atoms with Crippen molar-refractivity contribution in [2.75, 3.05) is 11.9 Å². The van der Waals surface area contributed by atoms with Crippen LogP contribution in [0, 0.1) is 3.57 Å². The zero-order chi connectivity index (χ0) is 11.6. The van der Waals surface area contributed by atoms with Crippen LogP contribution in [0.25, 0.3) is 0 Å². The van der Waals surface area contributed by atoms with E-state index in [2.05, 4.69) is 66.0 Å². The Morgan fingerprint density at radius 2 is 2.25 bits per heavy atom. The van der Waals surface area contributed by atoms with Crippen LogP contribution in [0.5, 0.6) is 0 Å². The molecule has 1 aliphatic heterocycles. The number of benzene rings is 1. The van der Waals surface area contributed by atoms with Gasteiger partial charge in [-0.05, 0) is 67.5 Å². The minimum Gasteiger partial charge on any atom is -0.382 e. The van der Waals surface area contributed by atoms with E-state index in [1.165, 1.54) is 9.26 Å². The molecule has 1 N–H and O–H groups in total. The Labute approximate surface area is 111 Å². The maximum absolute atomic E-state index is 5.72. The van der Waals surface area contributed by atoms with Crippen molar-refractivity contribution in [1.29, 1.82) is 0 Å². The second-order valence-corrected chi connectivity index (χ2v) is 6.20. The molecule has 1 fully saturated rings. The number of anilines is 1. The van der Waals surface area contributed by atoms with E-state index >= 15 is 0 Å². The fourth-order valence-electron chi connectivity index (χ4n) is 2.17. The average Bonchev–Trinajstić information content (AvgIpc) is 2.15. The number of hydrogen-bond acceptors (Lipinski definition) is 2. The molecule has 0 radical (unpaired) electrons. The van der Waals surface area contributed by atoms with Crippen LogP contribution in [0.4, 0.5) is 5.69 Å². The third kappa shape index (κ3) is 3.35. The molecule has 1 heterocycles. The fraction of sp³-hybridized carbons (Fsp3) is 0.538. The van der Waals surface area contributed by atoms with Gasteiger partial charge < -0.3 is 10.1 Å². The second-order valence-electron chi connectivity index (χ2n) is 4.95. The molecular weight excluding hydrogens is 313 g/mol. The highest BCUT2D eigenvalue weighted by Crippen LogP contribution is 2.26. The summed E-state index contributed by atoms with van der Waals surface area (Å²) in [5.74, 6) is 0. The number of nitrogens with one attached hydrogen (secondary N) is 1. The molecule has 88 valence electrons. The Hall–Kier alpha value is -0.290. The summed E-state index contributed by atoms with van der Waals surface area (Å²) in [7, 11) is 0. The third-order valence-corrected chi connectivity index (χ3v) is 3.56. The van der Waals surface area contributed by atoms with Gasteiger partial charge in [0.25, 0.3) is 0 Å². The molecule has 3 heteroatoms. The van der Waals surface area contributed by atoms with Crippen LogP contribution < -0.4 is 5.32 Å². The van der Waals surface area contributed by atoms with E-state index in [1.807, 2.05) is 0 Å². The van der Waals surface area contributed by atoms with Crippen molar-refractivity contribution >= 4 is 28.3 Å². The SMILES string of the molecule is CC1(C)CC(Nc2cccc(I)c2)CCO1. The van der Waals surface area contributed by atoms with Gasteiger partial charge >= 0.3 is 0 Å². The first-order valence-corrected chi connectivity index (χ1v) is 6.79. The minimum absolute atomic E-state index is 0.0118. The molecule has 0 bridgehead atoms. The summed E-state index contributed by atoms with van der Waals surface area (Å²) in [5, 5.41) is 3.59. The monoisotopic (exact) mass is 331 g/mol. The third-order valence-electron chi connectivity index (χ3n) is 2.89. The van der Waals surface area contributed by atoms with Crippen LogP contribution in [0.2, 0.25) is 0 Å². The first-order valence-electron chi connectivity index (χ1n) is 5.71. The van der Waals surface area contributed by atoms with E-state index in [9.17, 15) is 0 Å². The molecule has 0 saturated carbocycles. The van der Waals surface area contributed by atoms with Crippen molar-refractivity contribution < 1.29 is 4.74 Å². The van der Waals surface area contributed by atoms with E-state index in [0.717, 1.165) is 19.4 Å². The minimum atomic E-state index is 0.0118. The van der Waals surface area contributed by atoms with Crippen molar-refractivity contribution in [3.05, 3.63) is 27.8 Å². The van der Waals surface area contributed by atoms with E-state index in [1.54, 1.807) is 0 Å². The van der Waals surface area contributed by atoms with Crippen molar-refractivity contribution in [2.24, 2.45) is 0 Å². The summed E-state index contributed by atoms with van der Waals surface area (Å²) in [6, 6.07) is 9.05. The van der Waals surface area contributed by atoms with Gasteiger partial charge in [-0.3, -0.25) is 0 Å². The Kier molecular flexibility index (Phi) is 3.74. The molecule has 2 nitrogen and oxygen atoms in total. The van der Waals surface area contributed by atoms with Crippen molar-refractivity contribution in [3.63, 3.8) is 0 Å². The summed E-state index contributed by atoms with van der Waals surface area (Å²) in [5.41, 5.74) is 1.23. The highest BCUT2D eigenvalue weighted by molar-refractivity contribution is 14.1. The van der Waals surface area contributed by atoms with Gasteiger partial charge in [0.05, 0.1) is 5.60 Å². The largest absolute Gasteiger partial charge is 0.382 e. The Balaban J connectivity index is 1.99. The smallest absolute Gasteiger partial charge is 0.0646 e. The first-order chi connectivity index (χ1) is 7.55. The number of ether oxygens (including phenoxy) is 1. The standard InChI is InChI=1S/C13H18INO/c1-13(2)9-12(6-7-16-13)15-11-5-3-4-10(14)8-11/h3-5,8,12,15H,6-7,9H2,1-2H3. The van der Waals surface area contributed by atoms with Gasteiger partial charge in [0.1, 0.15) is 0 Å². The molecule has 0 amide bonds. The lowest BCUT2D eigenvalue weighted by Crippen LogP contribution is -2.40. The quantitative estimate of drug-likeness (QED) is 0.835. The van der Waals surface area contributed by atoms with E-state index in [0.29, 0.717) is 6.04 Å². The normalized spacial score (nSPS) is 24.1. The molecule has 1 aromatic rings. The number of halogens is 1. The van der Waals surface area contributed by atoms with Crippen LogP contribution in [0.3, 0.4) is 0 Å². The molecule has 1 unspecified atom stereocenters. The number of rotatable bonds is 2. The van der Waals surface area contributed by atoms with Gasteiger partial charge in [-0.25, -0.2) is 0 Å². The Morgan fingerprint density at radius 1 is 1.44 bits per heavy atom. The van der Waals surface area contributed by atoms with Gasteiger partial charge in [0.2, 0.25) is 0 Å². The molecule has 1 saturated heterocycles. The van der Waals surface area contributed by atoms with Crippen LogP contribution in [-0.4, -0.2) is 18.2 Å². The fourth-order valence-corrected chi connectivity index (χ4v) is 2.71. The second kappa shape index (κ2) is 4.92. The lowest BCUT2D eigenvalue weighted by molar-refractivity contribution is -0.0553. The lowest BCUT2D eigenvalue weighted by Gasteiger charge is -2.36. The highest BCUT2D eigenvalue weighted by atomic mass is 127. The van der Waals surface area contributed by atoms with Crippen LogP contribution >= 0.6 is 22.6 Å². The number of hydrogen-bond donors (Lipinski definition) is 1. The van der Waals surface area contributed by atoms with Crippen molar-refractivity contribution in [3.8, 4) is 0 Å². The summed E-state index contributed by atoms with van der Waals surface area (Å²) >= 11 is 2.34. The van der Waals surface area contributed by atoms with Crippen molar-refractivity contribution in [2.45, 2.75) is 38.3 Å². The Bertz CT molecular complexity index is 365. The molecule has 1 aromatic carbocycles. The molecule has 1 atom stereocenters. The molecule has 1 aliphatic rings. The maximum Gasteiger partial charge on any atom is 0.0646 e. The van der Waals surface area contributed by atoms with Gasteiger partial charge in [-0.15, -0.1) is 0 Å².